The minimum atomic E-state index is -0.709. The summed E-state index contributed by atoms with van der Waals surface area (Å²) in [5.41, 5.74) is 2.77. The van der Waals surface area contributed by atoms with Gasteiger partial charge in [0.2, 0.25) is 0 Å². The summed E-state index contributed by atoms with van der Waals surface area (Å²) in [4.78, 5) is 23.6. The molecule has 5 rings (SSSR count). The van der Waals surface area contributed by atoms with Crippen LogP contribution in [-0.2, 0) is 18.4 Å². The fraction of sp³-hybridized carbons (Fsp3) is 0.318. The number of nitrogens with zero attached hydrogens (tertiary/aromatic N) is 6. The predicted octanol–water partition coefficient (Wildman–Crippen LogP) is 2.71. The van der Waals surface area contributed by atoms with Crippen molar-refractivity contribution in [1.29, 1.82) is 0 Å². The van der Waals surface area contributed by atoms with Gasteiger partial charge in [-0.25, -0.2) is 23.7 Å². The number of methoxy groups -OCH3 is 1. The highest BCUT2D eigenvalue weighted by Gasteiger charge is 2.27. The van der Waals surface area contributed by atoms with E-state index in [2.05, 4.69) is 36.1 Å². The van der Waals surface area contributed by atoms with Crippen LogP contribution in [0.5, 0.6) is 5.75 Å². The van der Waals surface area contributed by atoms with Crippen molar-refractivity contribution in [2.24, 2.45) is 7.05 Å². The maximum atomic E-state index is 14.9. The summed E-state index contributed by atoms with van der Waals surface area (Å²) in [6.07, 6.45) is 2.25. The molecule has 1 aliphatic rings. The SMILES string of the molecule is CNc1cc2nc3c1ncn3C(=O)N[C@@H](C)[C@@H](c1cnn(C)n1)OCc1cc(c(OC)cc1F)N2. The molecule has 3 aromatic heterocycles. The van der Waals surface area contributed by atoms with Crippen LogP contribution in [0.15, 0.2) is 30.7 Å². The Hall–Kier alpha value is -4.26. The Balaban J connectivity index is 1.68. The van der Waals surface area contributed by atoms with Crippen molar-refractivity contribution in [3.05, 3.63) is 47.8 Å². The van der Waals surface area contributed by atoms with Crippen LogP contribution in [0.2, 0.25) is 0 Å². The number of rotatable bonds is 3. The van der Waals surface area contributed by atoms with Crippen molar-refractivity contribution < 1.29 is 18.7 Å². The number of aromatic nitrogens is 6. The van der Waals surface area contributed by atoms with Gasteiger partial charge in [-0.2, -0.15) is 15.0 Å². The van der Waals surface area contributed by atoms with Crippen LogP contribution in [0.4, 0.5) is 26.4 Å². The average molecular weight is 481 g/mol. The van der Waals surface area contributed by atoms with Crippen LogP contribution in [0.1, 0.15) is 24.3 Å². The number of hydrogen-bond donors (Lipinski definition) is 3. The zero-order valence-electron chi connectivity index (χ0n) is 19.5. The van der Waals surface area contributed by atoms with Crippen molar-refractivity contribution in [3.8, 4) is 5.75 Å². The van der Waals surface area contributed by atoms with E-state index >= 15 is 0 Å². The number of imidazole rings is 1. The molecule has 1 aromatic carbocycles. The number of carbonyl (C=O) groups excluding carboxylic acids is 1. The van der Waals surface area contributed by atoms with Crippen LogP contribution < -0.4 is 20.7 Å². The Bertz CT molecular complexity index is 1420. The van der Waals surface area contributed by atoms with E-state index in [0.717, 1.165) is 0 Å². The molecular formula is C22H24FN9O3. The molecule has 13 heteroatoms. The van der Waals surface area contributed by atoms with Gasteiger partial charge < -0.3 is 25.4 Å². The van der Waals surface area contributed by atoms with Gasteiger partial charge >= 0.3 is 6.03 Å². The monoisotopic (exact) mass is 481 g/mol. The molecule has 1 amide bonds. The number of aryl methyl sites for hydroxylation is 1. The molecule has 0 saturated carbocycles. The van der Waals surface area contributed by atoms with E-state index in [9.17, 15) is 9.18 Å². The Morgan fingerprint density at radius 1 is 1.31 bits per heavy atom. The van der Waals surface area contributed by atoms with Gasteiger partial charge in [0, 0.05) is 31.8 Å². The van der Waals surface area contributed by atoms with E-state index in [1.165, 1.54) is 28.9 Å². The fourth-order valence-corrected chi connectivity index (χ4v) is 4.01. The summed E-state index contributed by atoms with van der Waals surface area (Å²) in [7, 11) is 4.88. The lowest BCUT2D eigenvalue weighted by Gasteiger charge is -2.24. The summed E-state index contributed by atoms with van der Waals surface area (Å²) < 4.78 is 27.7. The fourth-order valence-electron chi connectivity index (χ4n) is 4.01. The van der Waals surface area contributed by atoms with Gasteiger partial charge in [-0.05, 0) is 13.0 Å². The van der Waals surface area contributed by atoms with Crippen molar-refractivity contribution in [1.82, 2.24) is 34.8 Å². The van der Waals surface area contributed by atoms with Crippen LogP contribution in [0, 0.1) is 5.82 Å². The van der Waals surface area contributed by atoms with Gasteiger partial charge in [-0.15, -0.1) is 0 Å². The minimum absolute atomic E-state index is 0.0868. The van der Waals surface area contributed by atoms with Crippen molar-refractivity contribution in [2.45, 2.75) is 25.7 Å². The van der Waals surface area contributed by atoms with Crippen LogP contribution in [0.3, 0.4) is 0 Å². The quantitative estimate of drug-likeness (QED) is 0.404. The van der Waals surface area contributed by atoms with Gasteiger partial charge in [0.25, 0.3) is 0 Å². The number of anilines is 3. The first-order valence-electron chi connectivity index (χ1n) is 10.9. The smallest absolute Gasteiger partial charge is 0.328 e. The molecule has 182 valence electrons. The first-order valence-corrected chi connectivity index (χ1v) is 10.9. The zero-order valence-corrected chi connectivity index (χ0v) is 19.5. The average Bonchev–Trinajstić information content (AvgIpc) is 3.46. The lowest BCUT2D eigenvalue weighted by Crippen LogP contribution is -2.40. The molecule has 0 aliphatic carbocycles. The Morgan fingerprint density at radius 3 is 2.86 bits per heavy atom. The van der Waals surface area contributed by atoms with Crippen molar-refractivity contribution in [2.75, 3.05) is 24.8 Å². The van der Waals surface area contributed by atoms with Crippen molar-refractivity contribution >= 4 is 34.4 Å². The Kier molecular flexibility index (Phi) is 5.68. The first-order chi connectivity index (χ1) is 16.9. The molecule has 4 heterocycles. The molecule has 0 saturated heterocycles. The molecule has 2 atom stereocenters. The molecule has 4 aromatic rings. The van der Waals surface area contributed by atoms with Gasteiger partial charge in [-0.1, -0.05) is 0 Å². The third-order valence-corrected chi connectivity index (χ3v) is 5.76. The van der Waals surface area contributed by atoms with Gasteiger partial charge in [0.05, 0.1) is 37.3 Å². The second-order valence-electron chi connectivity index (χ2n) is 8.09. The highest BCUT2D eigenvalue weighted by Crippen LogP contribution is 2.33. The lowest BCUT2D eigenvalue weighted by molar-refractivity contribution is 0.0154. The maximum absolute atomic E-state index is 14.9. The Labute approximate surface area is 199 Å². The summed E-state index contributed by atoms with van der Waals surface area (Å²) in [6, 6.07) is 3.64. The Morgan fingerprint density at radius 2 is 2.14 bits per heavy atom. The predicted molar refractivity (Wildman–Crippen MR) is 125 cm³/mol. The van der Waals surface area contributed by atoms with E-state index < -0.39 is 24.0 Å². The van der Waals surface area contributed by atoms with Gasteiger partial charge in [-0.3, -0.25) is 0 Å². The normalized spacial score (nSPS) is 18.1. The number of fused-ring (bicyclic) bond motifs is 3. The first kappa shape index (κ1) is 22.5. The topological polar surface area (TPSA) is 133 Å². The summed E-state index contributed by atoms with van der Waals surface area (Å²) in [5.74, 6) is 0.207. The molecule has 4 bridgehead atoms. The van der Waals surface area contributed by atoms with E-state index in [1.807, 2.05) is 0 Å². The van der Waals surface area contributed by atoms with Crippen molar-refractivity contribution in [3.63, 3.8) is 0 Å². The molecule has 0 fully saturated rings. The summed E-state index contributed by atoms with van der Waals surface area (Å²) in [6.45, 7) is 1.69. The zero-order chi connectivity index (χ0) is 24.7. The van der Waals surface area contributed by atoms with E-state index in [0.29, 0.717) is 34.1 Å². The molecule has 0 unspecified atom stereocenters. The van der Waals surface area contributed by atoms with Gasteiger partial charge in [0.1, 0.15) is 41.0 Å². The van der Waals surface area contributed by atoms with Gasteiger partial charge in [0.15, 0.2) is 5.65 Å². The van der Waals surface area contributed by atoms with Crippen LogP contribution in [-0.4, -0.2) is 55.8 Å². The number of nitrogens with one attached hydrogen (secondary N) is 3. The highest BCUT2D eigenvalue weighted by atomic mass is 19.1. The molecule has 1 aliphatic heterocycles. The minimum Gasteiger partial charge on any atom is -0.494 e. The third-order valence-electron chi connectivity index (χ3n) is 5.76. The van der Waals surface area contributed by atoms with E-state index in [1.54, 1.807) is 39.3 Å². The molecular weight excluding hydrogens is 457 g/mol. The summed E-state index contributed by atoms with van der Waals surface area (Å²) in [5, 5.41) is 17.6. The summed E-state index contributed by atoms with van der Waals surface area (Å²) >= 11 is 0. The highest BCUT2D eigenvalue weighted by molar-refractivity contribution is 5.94. The molecule has 12 nitrogen and oxygen atoms in total. The lowest BCUT2D eigenvalue weighted by atomic mass is 10.1. The third kappa shape index (κ3) is 4.10. The number of carbonyl (C=O) groups is 1. The van der Waals surface area contributed by atoms with E-state index in [-0.39, 0.29) is 17.9 Å². The largest absolute Gasteiger partial charge is 0.494 e. The standard InChI is InChI=1S/C22H24FN9O3/c1-11-20(16-8-26-31(3)30-16)35-9-12-5-14(17(34-4)6-13(12)23)28-18-7-15(24-2)19-21(29-18)32(10-25-19)22(33)27-11/h5-8,10-11,20H,9H2,1-4H3,(H,27,33)(H2,24,28,29)/t11-,20-/m0/s1. The number of halogens is 1. The molecule has 0 spiro atoms. The van der Waals surface area contributed by atoms with Crippen LogP contribution >= 0.6 is 0 Å². The molecule has 35 heavy (non-hydrogen) atoms. The number of pyridine rings is 1. The number of ether oxygens (including phenoxy) is 2. The molecule has 3 N–H and O–H groups in total. The number of benzene rings is 1. The second kappa shape index (κ2) is 8.83. The number of amides is 1. The second-order valence-corrected chi connectivity index (χ2v) is 8.09. The van der Waals surface area contributed by atoms with Crippen LogP contribution in [0.25, 0.3) is 11.2 Å². The molecule has 0 radical (unpaired) electrons. The number of hydrogen-bond acceptors (Lipinski definition) is 9. The maximum Gasteiger partial charge on any atom is 0.328 e. The van der Waals surface area contributed by atoms with E-state index in [4.69, 9.17) is 9.47 Å².